The standard InChI is InChI=1S/C22H33ClN4O3/c1-3-16(4-2)21(28)27-9-7-18(8-10-27)24-22(29)25-19-15-17(23)5-6-20(19)26-11-13-30-14-12-26/h5-6,15-16,18H,3-4,7-14H2,1-2H3,(H2,24,25,29). The zero-order chi connectivity index (χ0) is 21.5. The van der Waals surface area contributed by atoms with E-state index in [1.807, 2.05) is 17.0 Å². The van der Waals surface area contributed by atoms with Crippen LogP contribution in [0.15, 0.2) is 18.2 Å². The number of carbonyl (C=O) groups is 2. The third kappa shape index (κ3) is 5.79. The molecular weight excluding hydrogens is 404 g/mol. The van der Waals surface area contributed by atoms with Crippen LogP contribution in [0.2, 0.25) is 5.02 Å². The Balaban J connectivity index is 1.54. The molecule has 8 heteroatoms. The molecule has 0 bridgehead atoms. The second-order valence-corrected chi connectivity index (χ2v) is 8.41. The molecule has 2 aliphatic rings. The summed E-state index contributed by atoms with van der Waals surface area (Å²) in [6.45, 7) is 8.40. The number of amides is 3. The van der Waals surface area contributed by atoms with Gasteiger partial charge in [-0.2, -0.15) is 0 Å². The third-order valence-corrected chi connectivity index (χ3v) is 6.27. The predicted octanol–water partition coefficient (Wildman–Crippen LogP) is 3.73. The van der Waals surface area contributed by atoms with Crippen LogP contribution in [0.1, 0.15) is 39.5 Å². The number of nitrogens with one attached hydrogen (secondary N) is 2. The predicted molar refractivity (Wildman–Crippen MR) is 120 cm³/mol. The van der Waals surface area contributed by atoms with Gasteiger partial charge in [-0.05, 0) is 43.9 Å². The van der Waals surface area contributed by atoms with Gasteiger partial charge in [-0.1, -0.05) is 25.4 Å². The number of halogens is 1. The van der Waals surface area contributed by atoms with Crippen LogP contribution in [0.5, 0.6) is 0 Å². The molecule has 0 spiro atoms. The lowest BCUT2D eigenvalue weighted by molar-refractivity contribution is -0.136. The lowest BCUT2D eigenvalue weighted by Gasteiger charge is -2.34. The third-order valence-electron chi connectivity index (χ3n) is 6.04. The first kappa shape index (κ1) is 22.7. The molecule has 2 aliphatic heterocycles. The molecule has 1 aromatic carbocycles. The molecule has 0 saturated carbocycles. The summed E-state index contributed by atoms with van der Waals surface area (Å²) in [5.74, 6) is 0.358. The molecular formula is C22H33ClN4O3. The van der Waals surface area contributed by atoms with E-state index in [9.17, 15) is 9.59 Å². The van der Waals surface area contributed by atoms with Gasteiger partial charge < -0.3 is 25.2 Å². The van der Waals surface area contributed by atoms with Gasteiger partial charge in [-0.25, -0.2) is 4.79 Å². The van der Waals surface area contributed by atoms with Crippen LogP contribution in [0.3, 0.4) is 0 Å². The van der Waals surface area contributed by atoms with Crippen molar-refractivity contribution in [3.05, 3.63) is 23.2 Å². The molecule has 166 valence electrons. The SMILES string of the molecule is CCC(CC)C(=O)N1CCC(NC(=O)Nc2cc(Cl)ccc2N2CCOCC2)CC1. The number of anilines is 2. The van der Waals surface area contributed by atoms with Gasteiger partial charge in [0, 0.05) is 43.2 Å². The zero-order valence-electron chi connectivity index (χ0n) is 18.0. The highest BCUT2D eigenvalue weighted by Gasteiger charge is 2.27. The quantitative estimate of drug-likeness (QED) is 0.712. The summed E-state index contributed by atoms with van der Waals surface area (Å²) in [5.41, 5.74) is 1.65. The number of benzene rings is 1. The largest absolute Gasteiger partial charge is 0.378 e. The summed E-state index contributed by atoms with van der Waals surface area (Å²) in [6, 6.07) is 5.37. The topological polar surface area (TPSA) is 73.9 Å². The minimum Gasteiger partial charge on any atom is -0.378 e. The van der Waals surface area contributed by atoms with Gasteiger partial charge in [0.05, 0.1) is 24.6 Å². The van der Waals surface area contributed by atoms with Crippen molar-refractivity contribution in [2.24, 2.45) is 5.92 Å². The van der Waals surface area contributed by atoms with Crippen LogP contribution in [0.25, 0.3) is 0 Å². The van der Waals surface area contributed by atoms with Crippen LogP contribution in [-0.2, 0) is 9.53 Å². The van der Waals surface area contributed by atoms with E-state index in [0.29, 0.717) is 37.0 Å². The highest BCUT2D eigenvalue weighted by atomic mass is 35.5. The van der Waals surface area contributed by atoms with Gasteiger partial charge in [0.2, 0.25) is 5.91 Å². The first-order valence-electron chi connectivity index (χ1n) is 11.0. The fraction of sp³-hybridized carbons (Fsp3) is 0.636. The number of nitrogens with zero attached hydrogens (tertiary/aromatic N) is 2. The molecule has 2 heterocycles. The number of likely N-dealkylation sites (tertiary alicyclic amines) is 1. The number of hydrogen-bond donors (Lipinski definition) is 2. The Morgan fingerprint density at radius 3 is 2.43 bits per heavy atom. The maximum Gasteiger partial charge on any atom is 0.319 e. The Morgan fingerprint density at radius 1 is 1.13 bits per heavy atom. The minimum atomic E-state index is -0.239. The molecule has 0 aliphatic carbocycles. The smallest absolute Gasteiger partial charge is 0.319 e. The number of urea groups is 1. The summed E-state index contributed by atoms with van der Waals surface area (Å²) in [5, 5.41) is 6.61. The second-order valence-electron chi connectivity index (χ2n) is 7.97. The summed E-state index contributed by atoms with van der Waals surface area (Å²) in [6.07, 6.45) is 3.29. The molecule has 3 amide bonds. The van der Waals surface area contributed by atoms with Gasteiger partial charge in [0.15, 0.2) is 0 Å². The van der Waals surface area contributed by atoms with E-state index in [4.69, 9.17) is 16.3 Å². The molecule has 7 nitrogen and oxygen atoms in total. The van der Waals surface area contributed by atoms with E-state index in [-0.39, 0.29) is 23.9 Å². The number of rotatable bonds is 6. The molecule has 0 atom stereocenters. The normalized spacial score (nSPS) is 17.9. The minimum absolute atomic E-state index is 0.0572. The lowest BCUT2D eigenvalue weighted by Crippen LogP contribution is -2.48. The maximum absolute atomic E-state index is 12.7. The van der Waals surface area contributed by atoms with Crippen molar-refractivity contribution in [2.75, 3.05) is 49.6 Å². The fourth-order valence-corrected chi connectivity index (χ4v) is 4.34. The van der Waals surface area contributed by atoms with E-state index in [1.165, 1.54) is 0 Å². The van der Waals surface area contributed by atoms with Crippen molar-refractivity contribution >= 4 is 34.9 Å². The van der Waals surface area contributed by atoms with Crippen LogP contribution in [0, 0.1) is 5.92 Å². The summed E-state index contributed by atoms with van der Waals surface area (Å²) in [7, 11) is 0. The zero-order valence-corrected chi connectivity index (χ0v) is 18.7. The lowest BCUT2D eigenvalue weighted by atomic mass is 9.98. The van der Waals surface area contributed by atoms with E-state index in [2.05, 4.69) is 29.4 Å². The molecule has 0 unspecified atom stereocenters. The Labute approximate surface area is 184 Å². The Bertz CT molecular complexity index is 727. The van der Waals surface area contributed by atoms with Crippen molar-refractivity contribution in [2.45, 2.75) is 45.6 Å². The van der Waals surface area contributed by atoms with Gasteiger partial charge in [0.25, 0.3) is 0 Å². The molecule has 30 heavy (non-hydrogen) atoms. The van der Waals surface area contributed by atoms with E-state index in [1.54, 1.807) is 6.07 Å². The van der Waals surface area contributed by atoms with Gasteiger partial charge in [-0.15, -0.1) is 0 Å². The van der Waals surface area contributed by atoms with Gasteiger partial charge >= 0.3 is 6.03 Å². The first-order valence-corrected chi connectivity index (χ1v) is 11.4. The summed E-state index contributed by atoms with van der Waals surface area (Å²) >= 11 is 6.17. The van der Waals surface area contributed by atoms with E-state index < -0.39 is 0 Å². The van der Waals surface area contributed by atoms with Crippen molar-refractivity contribution in [3.8, 4) is 0 Å². The van der Waals surface area contributed by atoms with Crippen LogP contribution in [0.4, 0.5) is 16.2 Å². The molecule has 2 N–H and O–H groups in total. The molecule has 0 radical (unpaired) electrons. The van der Waals surface area contributed by atoms with Crippen LogP contribution >= 0.6 is 11.6 Å². The van der Waals surface area contributed by atoms with Crippen molar-refractivity contribution in [1.82, 2.24) is 10.2 Å². The highest BCUT2D eigenvalue weighted by molar-refractivity contribution is 6.31. The average molecular weight is 437 g/mol. The van der Waals surface area contributed by atoms with Gasteiger partial charge in [0.1, 0.15) is 0 Å². The summed E-state index contributed by atoms with van der Waals surface area (Å²) in [4.78, 5) is 29.3. The first-order chi connectivity index (χ1) is 14.5. The van der Waals surface area contributed by atoms with E-state index >= 15 is 0 Å². The molecule has 1 aromatic rings. The average Bonchev–Trinajstić information content (AvgIpc) is 2.75. The highest BCUT2D eigenvalue weighted by Crippen LogP contribution is 2.30. The number of hydrogen-bond acceptors (Lipinski definition) is 4. The van der Waals surface area contributed by atoms with E-state index in [0.717, 1.165) is 44.5 Å². The number of morpholine rings is 1. The number of carbonyl (C=O) groups excluding carboxylic acids is 2. The second kappa shape index (κ2) is 10.9. The number of piperidine rings is 1. The van der Waals surface area contributed by atoms with Crippen LogP contribution in [-0.4, -0.2) is 62.3 Å². The van der Waals surface area contributed by atoms with Crippen molar-refractivity contribution in [3.63, 3.8) is 0 Å². The van der Waals surface area contributed by atoms with Gasteiger partial charge in [-0.3, -0.25) is 4.79 Å². The van der Waals surface area contributed by atoms with Crippen molar-refractivity contribution < 1.29 is 14.3 Å². The molecule has 2 saturated heterocycles. The van der Waals surface area contributed by atoms with Crippen LogP contribution < -0.4 is 15.5 Å². The molecule has 3 rings (SSSR count). The Kier molecular flexibility index (Phi) is 8.22. The monoisotopic (exact) mass is 436 g/mol. The summed E-state index contributed by atoms with van der Waals surface area (Å²) < 4.78 is 5.43. The van der Waals surface area contributed by atoms with Crippen molar-refractivity contribution in [1.29, 1.82) is 0 Å². The molecule has 2 fully saturated rings. The maximum atomic E-state index is 12.7. The Morgan fingerprint density at radius 2 is 1.80 bits per heavy atom. The fourth-order valence-electron chi connectivity index (χ4n) is 4.17. The molecule has 0 aromatic heterocycles. The number of ether oxygens (including phenoxy) is 1. The Hall–Kier alpha value is -1.99.